The second-order valence-electron chi connectivity index (χ2n) is 8.93. The molecule has 2 saturated carbocycles. The molecule has 0 radical (unpaired) electrons. The summed E-state index contributed by atoms with van der Waals surface area (Å²) in [5.41, 5.74) is -0.751. The number of piperidine rings is 1. The molecule has 2 aliphatic heterocycles. The summed E-state index contributed by atoms with van der Waals surface area (Å²) in [6, 6.07) is -0.0645. The minimum absolute atomic E-state index is 0.0497. The van der Waals surface area contributed by atoms with Crippen LogP contribution in [0, 0.1) is 11.8 Å². The summed E-state index contributed by atoms with van der Waals surface area (Å²) in [5, 5.41) is 2.92. The Hall–Kier alpha value is -1.59. The van der Waals surface area contributed by atoms with Crippen LogP contribution in [0.25, 0.3) is 0 Å². The van der Waals surface area contributed by atoms with E-state index in [1.807, 2.05) is 4.90 Å². The highest BCUT2D eigenvalue weighted by Gasteiger charge is 2.52. The Bertz CT molecular complexity index is 595. The number of carbonyl (C=O) groups is 3. The summed E-state index contributed by atoms with van der Waals surface area (Å²) >= 11 is 0. The Balaban J connectivity index is 1.44. The van der Waals surface area contributed by atoms with E-state index in [0.29, 0.717) is 30.7 Å². The van der Waals surface area contributed by atoms with Gasteiger partial charge in [-0.25, -0.2) is 4.79 Å². The van der Waals surface area contributed by atoms with Crippen molar-refractivity contribution in [2.75, 3.05) is 13.1 Å². The van der Waals surface area contributed by atoms with Gasteiger partial charge in [-0.15, -0.1) is 0 Å². The van der Waals surface area contributed by atoms with Gasteiger partial charge < -0.3 is 10.2 Å². The molecule has 4 amide bonds. The van der Waals surface area contributed by atoms with Gasteiger partial charge in [0.15, 0.2) is 0 Å². The maximum Gasteiger partial charge on any atom is 0.325 e. The first kappa shape index (κ1) is 17.8. The molecule has 0 aromatic heterocycles. The molecular weight excluding hydrogens is 330 g/mol. The van der Waals surface area contributed by atoms with E-state index in [0.717, 1.165) is 32.2 Å². The van der Waals surface area contributed by atoms with Gasteiger partial charge >= 0.3 is 6.03 Å². The first-order valence-corrected chi connectivity index (χ1v) is 10.4. The monoisotopic (exact) mass is 361 g/mol. The smallest absolute Gasteiger partial charge is 0.325 e. The Morgan fingerprint density at radius 1 is 1.08 bits per heavy atom. The summed E-state index contributed by atoms with van der Waals surface area (Å²) in [7, 11) is 0. The fourth-order valence-corrected chi connectivity index (χ4v) is 5.57. The quantitative estimate of drug-likeness (QED) is 0.769. The van der Waals surface area contributed by atoms with Crippen molar-refractivity contribution in [3.63, 3.8) is 0 Å². The standard InChI is InChI=1S/C20H31N3O3/c1-14-8-10-20(11-9-14)18(25)23(19(26)21-20)13-17(24)22-12-4-6-15-5-2-3-7-16(15)22/h14-16H,2-13H2,1H3,(H,21,26)/t14?,15-,16+,20?/m0/s1. The molecule has 4 rings (SSSR count). The van der Waals surface area contributed by atoms with Crippen molar-refractivity contribution in [2.24, 2.45) is 11.8 Å². The number of amides is 4. The topological polar surface area (TPSA) is 69.7 Å². The summed E-state index contributed by atoms with van der Waals surface area (Å²) in [6.45, 7) is 2.86. The predicted octanol–water partition coefficient (Wildman–Crippen LogP) is 2.67. The maximum atomic E-state index is 13.0. The Morgan fingerprint density at radius 3 is 2.54 bits per heavy atom. The van der Waals surface area contributed by atoms with Gasteiger partial charge in [-0.1, -0.05) is 19.8 Å². The molecule has 2 atom stereocenters. The molecule has 6 nitrogen and oxygen atoms in total. The number of carbonyl (C=O) groups excluding carboxylic acids is 3. The number of likely N-dealkylation sites (tertiary alicyclic amines) is 1. The summed E-state index contributed by atoms with van der Waals surface area (Å²) in [4.78, 5) is 41.6. The molecule has 4 fully saturated rings. The van der Waals surface area contributed by atoms with E-state index in [1.165, 1.54) is 30.6 Å². The highest BCUT2D eigenvalue weighted by molar-refractivity contribution is 6.09. The molecule has 144 valence electrons. The number of imide groups is 1. The van der Waals surface area contributed by atoms with Crippen LogP contribution in [0.3, 0.4) is 0 Å². The van der Waals surface area contributed by atoms with Crippen LogP contribution in [0.15, 0.2) is 0 Å². The minimum Gasteiger partial charge on any atom is -0.338 e. The van der Waals surface area contributed by atoms with Gasteiger partial charge in [-0.2, -0.15) is 0 Å². The fourth-order valence-electron chi connectivity index (χ4n) is 5.57. The molecule has 0 aromatic rings. The van der Waals surface area contributed by atoms with Gasteiger partial charge in [0.05, 0.1) is 0 Å². The first-order chi connectivity index (χ1) is 12.5. The number of urea groups is 1. The number of nitrogens with one attached hydrogen (secondary N) is 1. The minimum atomic E-state index is -0.751. The van der Waals surface area contributed by atoms with Gasteiger partial charge in [-0.3, -0.25) is 14.5 Å². The molecule has 0 aromatic carbocycles. The molecule has 0 unspecified atom stereocenters. The van der Waals surface area contributed by atoms with Crippen LogP contribution in [0.2, 0.25) is 0 Å². The van der Waals surface area contributed by atoms with Crippen molar-refractivity contribution in [1.82, 2.24) is 15.1 Å². The van der Waals surface area contributed by atoms with Crippen molar-refractivity contribution in [3.05, 3.63) is 0 Å². The van der Waals surface area contributed by atoms with Gasteiger partial charge in [0.25, 0.3) is 5.91 Å². The molecule has 2 heterocycles. The second kappa shape index (κ2) is 6.86. The van der Waals surface area contributed by atoms with Crippen LogP contribution >= 0.6 is 0 Å². The molecular formula is C20H31N3O3. The molecule has 26 heavy (non-hydrogen) atoms. The van der Waals surface area contributed by atoms with Crippen LogP contribution in [0.4, 0.5) is 4.79 Å². The van der Waals surface area contributed by atoms with Crippen LogP contribution < -0.4 is 5.32 Å². The third-order valence-corrected chi connectivity index (χ3v) is 7.23. The van der Waals surface area contributed by atoms with E-state index >= 15 is 0 Å². The van der Waals surface area contributed by atoms with Crippen LogP contribution in [0.1, 0.15) is 71.1 Å². The fraction of sp³-hybridized carbons (Fsp3) is 0.850. The average molecular weight is 361 g/mol. The van der Waals surface area contributed by atoms with E-state index < -0.39 is 5.54 Å². The zero-order valence-electron chi connectivity index (χ0n) is 15.8. The van der Waals surface area contributed by atoms with Gasteiger partial charge in [-0.05, 0) is 63.2 Å². The van der Waals surface area contributed by atoms with Gasteiger partial charge in [0.2, 0.25) is 5.91 Å². The largest absolute Gasteiger partial charge is 0.338 e. The lowest BCUT2D eigenvalue weighted by atomic mass is 9.77. The third kappa shape index (κ3) is 3.01. The Morgan fingerprint density at radius 2 is 1.77 bits per heavy atom. The Labute approximate surface area is 155 Å². The van der Waals surface area contributed by atoms with Crippen LogP contribution in [-0.4, -0.2) is 52.3 Å². The predicted molar refractivity (Wildman–Crippen MR) is 97.3 cm³/mol. The van der Waals surface area contributed by atoms with E-state index in [9.17, 15) is 14.4 Å². The van der Waals surface area contributed by atoms with Gasteiger partial charge in [0, 0.05) is 12.6 Å². The van der Waals surface area contributed by atoms with E-state index in [2.05, 4.69) is 12.2 Å². The molecule has 4 aliphatic rings. The molecule has 6 heteroatoms. The number of hydrogen-bond donors (Lipinski definition) is 1. The average Bonchev–Trinajstić information content (AvgIpc) is 2.88. The number of nitrogens with zero attached hydrogens (tertiary/aromatic N) is 2. The van der Waals surface area contributed by atoms with Gasteiger partial charge in [0.1, 0.15) is 12.1 Å². The Kier molecular flexibility index (Phi) is 4.70. The highest BCUT2D eigenvalue weighted by atomic mass is 16.2. The third-order valence-electron chi connectivity index (χ3n) is 7.23. The maximum absolute atomic E-state index is 13.0. The lowest BCUT2D eigenvalue weighted by Gasteiger charge is -2.44. The highest BCUT2D eigenvalue weighted by Crippen LogP contribution is 2.37. The van der Waals surface area contributed by atoms with Crippen molar-refractivity contribution < 1.29 is 14.4 Å². The molecule has 1 N–H and O–H groups in total. The molecule has 2 aliphatic carbocycles. The molecule has 1 spiro atoms. The zero-order chi connectivity index (χ0) is 18.3. The number of hydrogen-bond acceptors (Lipinski definition) is 3. The van der Waals surface area contributed by atoms with Crippen LogP contribution in [-0.2, 0) is 9.59 Å². The van der Waals surface area contributed by atoms with Crippen molar-refractivity contribution in [1.29, 1.82) is 0 Å². The van der Waals surface area contributed by atoms with Crippen molar-refractivity contribution in [3.8, 4) is 0 Å². The van der Waals surface area contributed by atoms with E-state index in [4.69, 9.17) is 0 Å². The summed E-state index contributed by atoms with van der Waals surface area (Å²) in [5.74, 6) is 0.972. The molecule has 0 bridgehead atoms. The SMILES string of the molecule is CC1CCC2(CC1)NC(=O)N(CC(=O)N1CCC[C@@H]3CCCC[C@H]31)C2=O. The van der Waals surface area contributed by atoms with E-state index in [1.54, 1.807) is 0 Å². The zero-order valence-corrected chi connectivity index (χ0v) is 15.8. The van der Waals surface area contributed by atoms with Crippen molar-refractivity contribution >= 4 is 17.8 Å². The summed E-state index contributed by atoms with van der Waals surface area (Å²) in [6.07, 6.45) is 10.2. The molecule has 2 saturated heterocycles. The van der Waals surface area contributed by atoms with Crippen LogP contribution in [0.5, 0.6) is 0 Å². The lowest BCUT2D eigenvalue weighted by molar-refractivity contribution is -0.143. The van der Waals surface area contributed by atoms with E-state index in [-0.39, 0.29) is 24.4 Å². The van der Waals surface area contributed by atoms with Crippen molar-refractivity contribution in [2.45, 2.75) is 82.7 Å². The second-order valence-corrected chi connectivity index (χ2v) is 8.93. The lowest BCUT2D eigenvalue weighted by Crippen LogP contribution is -2.53. The number of fused-ring (bicyclic) bond motifs is 1. The first-order valence-electron chi connectivity index (χ1n) is 10.4. The number of rotatable bonds is 2. The summed E-state index contributed by atoms with van der Waals surface area (Å²) < 4.78 is 0. The normalized spacial score (nSPS) is 37.7.